The molecule has 1 aromatic carbocycles. The van der Waals surface area contributed by atoms with Crippen LogP contribution in [-0.4, -0.2) is 67.7 Å². The minimum atomic E-state index is -3.30. The fraction of sp³-hybridized carbons (Fsp3) is 0.588. The number of fused-ring (bicyclic) bond motifs is 1. The number of benzene rings is 1. The summed E-state index contributed by atoms with van der Waals surface area (Å²) in [5.41, 5.74) is 0.204. The van der Waals surface area contributed by atoms with Gasteiger partial charge in [-0.2, -0.15) is 0 Å². The highest BCUT2D eigenvalue weighted by Crippen LogP contribution is 2.42. The minimum absolute atomic E-state index is 0.0443. The third-order valence-corrected chi connectivity index (χ3v) is 7.06. The van der Waals surface area contributed by atoms with Gasteiger partial charge in [-0.05, 0) is 24.0 Å². The maximum absolute atomic E-state index is 12.7. The van der Waals surface area contributed by atoms with Crippen molar-refractivity contribution in [3.05, 3.63) is 34.9 Å². The Morgan fingerprint density at radius 3 is 2.72 bits per heavy atom. The zero-order valence-corrected chi connectivity index (χ0v) is 15.8. The van der Waals surface area contributed by atoms with Crippen LogP contribution in [0, 0.1) is 11.3 Å². The Hall–Kier alpha value is -1.15. The van der Waals surface area contributed by atoms with Gasteiger partial charge in [-0.3, -0.25) is 4.79 Å². The first-order valence-electron chi connectivity index (χ1n) is 8.32. The number of amides is 1. The molecule has 1 N–H and O–H groups in total. The molecule has 6 nitrogen and oxygen atoms in total. The van der Waals surface area contributed by atoms with Crippen molar-refractivity contribution in [2.45, 2.75) is 12.8 Å². The molecule has 1 aromatic rings. The van der Waals surface area contributed by atoms with Gasteiger partial charge in [0.1, 0.15) is 0 Å². The summed E-state index contributed by atoms with van der Waals surface area (Å²) >= 11 is 6.14. The summed E-state index contributed by atoms with van der Waals surface area (Å²) in [6.45, 7) is 1.52. The lowest BCUT2D eigenvalue weighted by atomic mass is 9.74. The topological polar surface area (TPSA) is 77.9 Å². The van der Waals surface area contributed by atoms with Crippen LogP contribution >= 0.6 is 11.6 Å². The number of halogens is 1. The highest BCUT2D eigenvalue weighted by Gasteiger charge is 2.52. The van der Waals surface area contributed by atoms with E-state index in [0.29, 0.717) is 31.1 Å². The number of carbonyl (C=O) groups is 1. The molecule has 3 rings (SSSR count). The van der Waals surface area contributed by atoms with E-state index >= 15 is 0 Å². The molecule has 2 atom stereocenters. The summed E-state index contributed by atoms with van der Waals surface area (Å²) < 4.78 is 25.2. The molecule has 0 saturated carbocycles. The molecule has 0 aliphatic carbocycles. The highest BCUT2D eigenvalue weighted by molar-refractivity contribution is 7.88. The predicted molar refractivity (Wildman–Crippen MR) is 95.8 cm³/mol. The van der Waals surface area contributed by atoms with Gasteiger partial charge in [-0.1, -0.05) is 29.8 Å². The molecular weight excluding hydrogens is 364 g/mol. The van der Waals surface area contributed by atoms with E-state index in [0.717, 1.165) is 5.56 Å². The number of rotatable bonds is 4. The van der Waals surface area contributed by atoms with Crippen molar-refractivity contribution in [1.29, 1.82) is 0 Å². The Labute approximate surface area is 153 Å². The maximum atomic E-state index is 12.7. The average Bonchev–Trinajstić information content (AvgIpc) is 2.96. The van der Waals surface area contributed by atoms with Crippen LogP contribution in [0.3, 0.4) is 0 Å². The van der Waals surface area contributed by atoms with Gasteiger partial charge in [0.2, 0.25) is 15.9 Å². The molecule has 2 heterocycles. The van der Waals surface area contributed by atoms with E-state index in [1.54, 1.807) is 11.0 Å². The second-order valence-electron chi connectivity index (χ2n) is 7.15. The molecule has 2 saturated heterocycles. The number of aliphatic hydroxyl groups excluding tert-OH is 1. The Bertz CT molecular complexity index is 770. The Balaban J connectivity index is 1.74. The van der Waals surface area contributed by atoms with E-state index in [2.05, 4.69) is 0 Å². The molecule has 0 aromatic heterocycles. The molecule has 138 valence electrons. The lowest BCUT2D eigenvalue weighted by molar-refractivity contribution is -0.135. The number of sulfonamides is 1. The Kier molecular flexibility index (Phi) is 5.12. The fourth-order valence-electron chi connectivity index (χ4n) is 3.94. The zero-order valence-electron chi connectivity index (χ0n) is 14.2. The summed E-state index contributed by atoms with van der Waals surface area (Å²) in [5, 5.41) is 10.6. The number of likely N-dealkylation sites (tertiary alicyclic amines) is 1. The molecule has 1 amide bonds. The van der Waals surface area contributed by atoms with Gasteiger partial charge in [0.15, 0.2) is 0 Å². The molecule has 2 fully saturated rings. The largest absolute Gasteiger partial charge is 0.396 e. The van der Waals surface area contributed by atoms with Gasteiger partial charge < -0.3 is 10.0 Å². The van der Waals surface area contributed by atoms with E-state index in [1.807, 2.05) is 18.2 Å². The van der Waals surface area contributed by atoms with E-state index in [9.17, 15) is 18.3 Å². The van der Waals surface area contributed by atoms with E-state index in [-0.39, 0.29) is 31.4 Å². The van der Waals surface area contributed by atoms with Gasteiger partial charge in [0, 0.05) is 36.6 Å². The lowest BCUT2D eigenvalue weighted by Gasteiger charge is -2.43. The van der Waals surface area contributed by atoms with Crippen LogP contribution < -0.4 is 0 Å². The Morgan fingerprint density at radius 2 is 2.08 bits per heavy atom. The van der Waals surface area contributed by atoms with Gasteiger partial charge in [-0.15, -0.1) is 0 Å². The van der Waals surface area contributed by atoms with E-state index in [4.69, 9.17) is 11.6 Å². The lowest BCUT2D eigenvalue weighted by Crippen LogP contribution is -2.53. The molecule has 8 heteroatoms. The number of piperidine rings is 1. The van der Waals surface area contributed by atoms with Crippen molar-refractivity contribution in [3.8, 4) is 0 Å². The van der Waals surface area contributed by atoms with Crippen molar-refractivity contribution in [2.24, 2.45) is 11.3 Å². The first-order chi connectivity index (χ1) is 11.7. The quantitative estimate of drug-likeness (QED) is 0.836. The zero-order chi connectivity index (χ0) is 18.2. The standard InChI is InChI=1S/C17H23ClN2O4S/c1-25(23,24)20-9-14-6-7-19(10-17(14,11-20)12-21)16(22)8-13-4-2-3-5-15(13)18/h2-5,14,21H,6-12H2,1H3/t14-,17+/m0/s1. The summed E-state index contributed by atoms with van der Waals surface area (Å²) in [4.78, 5) is 14.4. The van der Waals surface area contributed by atoms with Gasteiger partial charge in [0.25, 0.3) is 0 Å². The smallest absolute Gasteiger partial charge is 0.227 e. The second-order valence-corrected chi connectivity index (χ2v) is 9.53. The van der Waals surface area contributed by atoms with Crippen LogP contribution in [-0.2, 0) is 21.2 Å². The summed E-state index contributed by atoms with van der Waals surface area (Å²) in [6, 6.07) is 7.25. The third kappa shape index (κ3) is 3.69. The molecule has 25 heavy (non-hydrogen) atoms. The third-order valence-electron chi connectivity index (χ3n) is 5.47. The molecule has 2 aliphatic rings. The van der Waals surface area contributed by atoms with Crippen LogP contribution in [0.1, 0.15) is 12.0 Å². The number of carbonyl (C=O) groups excluding carboxylic acids is 1. The first-order valence-corrected chi connectivity index (χ1v) is 10.5. The molecule has 0 unspecified atom stereocenters. The summed E-state index contributed by atoms with van der Waals surface area (Å²) in [5.74, 6) is 0.0359. The number of hydrogen-bond donors (Lipinski definition) is 1. The summed E-state index contributed by atoms with van der Waals surface area (Å²) in [6.07, 6.45) is 2.10. The van der Waals surface area contributed by atoms with Crippen LogP contribution in [0.25, 0.3) is 0 Å². The second kappa shape index (κ2) is 6.87. The molecular formula is C17H23ClN2O4S. The number of nitrogens with zero attached hydrogens (tertiary/aromatic N) is 2. The van der Waals surface area contributed by atoms with Gasteiger partial charge >= 0.3 is 0 Å². The van der Waals surface area contributed by atoms with Crippen molar-refractivity contribution in [1.82, 2.24) is 9.21 Å². The molecule has 0 bridgehead atoms. The van der Waals surface area contributed by atoms with E-state index < -0.39 is 15.4 Å². The average molecular weight is 387 g/mol. The van der Waals surface area contributed by atoms with Crippen LogP contribution in [0.5, 0.6) is 0 Å². The number of hydrogen-bond acceptors (Lipinski definition) is 4. The van der Waals surface area contributed by atoms with Crippen molar-refractivity contribution in [2.75, 3.05) is 39.0 Å². The SMILES string of the molecule is CS(=O)(=O)N1C[C@@H]2CCN(C(=O)Cc3ccccc3Cl)C[C@]2(CO)C1. The molecule has 0 radical (unpaired) electrons. The predicted octanol–water partition coefficient (Wildman–Crippen LogP) is 0.985. The van der Waals surface area contributed by atoms with Crippen LogP contribution in [0.15, 0.2) is 24.3 Å². The first kappa shape index (κ1) is 18.6. The maximum Gasteiger partial charge on any atom is 0.227 e. The van der Waals surface area contributed by atoms with Crippen LogP contribution in [0.2, 0.25) is 5.02 Å². The summed E-state index contributed by atoms with van der Waals surface area (Å²) in [7, 11) is -3.30. The van der Waals surface area contributed by atoms with Crippen molar-refractivity contribution in [3.63, 3.8) is 0 Å². The minimum Gasteiger partial charge on any atom is -0.396 e. The van der Waals surface area contributed by atoms with Crippen molar-refractivity contribution >= 4 is 27.5 Å². The van der Waals surface area contributed by atoms with Gasteiger partial charge in [-0.25, -0.2) is 12.7 Å². The normalized spacial score (nSPS) is 27.3. The monoisotopic (exact) mass is 386 g/mol. The van der Waals surface area contributed by atoms with E-state index in [1.165, 1.54) is 10.6 Å². The van der Waals surface area contributed by atoms with Crippen LogP contribution in [0.4, 0.5) is 0 Å². The highest BCUT2D eigenvalue weighted by atomic mass is 35.5. The Morgan fingerprint density at radius 1 is 1.36 bits per heavy atom. The number of aliphatic hydroxyl groups is 1. The molecule has 2 aliphatic heterocycles. The molecule has 0 spiro atoms. The fourth-order valence-corrected chi connectivity index (χ4v) is 5.09. The van der Waals surface area contributed by atoms with Crippen molar-refractivity contribution < 1.29 is 18.3 Å². The van der Waals surface area contributed by atoms with Gasteiger partial charge in [0.05, 0.1) is 19.3 Å².